The first-order chi connectivity index (χ1) is 14.5. The Balaban J connectivity index is 2.22. The minimum Gasteiger partial charge on any atom is -0.465 e. The molecule has 1 fully saturated rings. The van der Waals surface area contributed by atoms with Gasteiger partial charge in [0.05, 0.1) is 5.69 Å². The molecule has 1 saturated carbocycles. The molecule has 0 saturated heterocycles. The second-order valence-electron chi connectivity index (χ2n) is 9.90. The van der Waals surface area contributed by atoms with Crippen molar-refractivity contribution in [2.24, 2.45) is 16.6 Å². The number of nitrogens with one attached hydrogen (secondary N) is 1. The van der Waals surface area contributed by atoms with Gasteiger partial charge in [-0.3, -0.25) is 0 Å². The van der Waals surface area contributed by atoms with E-state index < -0.39 is 23.5 Å². The predicted octanol–water partition coefficient (Wildman–Crippen LogP) is 4.40. The van der Waals surface area contributed by atoms with Crippen LogP contribution in [0, 0.1) is 10.8 Å². The van der Waals surface area contributed by atoms with Crippen molar-refractivity contribution in [1.29, 1.82) is 0 Å². The highest BCUT2D eigenvalue weighted by atomic mass is 16.5. The summed E-state index contributed by atoms with van der Waals surface area (Å²) in [6, 6.07) is 6.47. The fourth-order valence-corrected chi connectivity index (χ4v) is 5.21. The lowest BCUT2D eigenvalue weighted by Crippen LogP contribution is -2.56. The molecule has 7 heteroatoms. The zero-order chi connectivity index (χ0) is 23.2. The van der Waals surface area contributed by atoms with Crippen LogP contribution in [0.1, 0.15) is 66.7 Å². The van der Waals surface area contributed by atoms with Crippen molar-refractivity contribution in [2.75, 3.05) is 18.0 Å². The Morgan fingerprint density at radius 1 is 1.19 bits per heavy atom. The molecular weight excluding hydrogens is 394 g/mol. The minimum absolute atomic E-state index is 0.144. The third-order valence-electron chi connectivity index (χ3n) is 6.13. The van der Waals surface area contributed by atoms with Crippen molar-refractivity contribution < 1.29 is 19.4 Å². The van der Waals surface area contributed by atoms with Gasteiger partial charge in [0.25, 0.3) is 0 Å². The quantitative estimate of drug-likeness (QED) is 0.394. The molecule has 0 spiro atoms. The molecule has 2 rings (SSSR count). The minimum atomic E-state index is -1.05. The van der Waals surface area contributed by atoms with Gasteiger partial charge in [0.2, 0.25) is 0 Å². The molecule has 1 amide bonds. The van der Waals surface area contributed by atoms with E-state index in [0.29, 0.717) is 25.0 Å². The summed E-state index contributed by atoms with van der Waals surface area (Å²) in [5, 5.41) is 11.8. The molecule has 0 aliphatic heterocycles. The first kappa shape index (κ1) is 25.0. The number of carboxylic acid groups (broad SMARTS) is 1. The zero-order valence-electron chi connectivity index (χ0n) is 19.6. The summed E-state index contributed by atoms with van der Waals surface area (Å²) < 4.78 is 5.84. The van der Waals surface area contributed by atoms with Crippen molar-refractivity contribution in [3.63, 3.8) is 0 Å². The molecule has 31 heavy (non-hydrogen) atoms. The fourth-order valence-electron chi connectivity index (χ4n) is 5.21. The first-order valence-electron chi connectivity index (χ1n) is 11.3. The number of hydrogen-bond acceptors (Lipinski definition) is 5. The highest BCUT2D eigenvalue weighted by Gasteiger charge is 2.48. The number of ether oxygens (including phenoxy) is 1. The Hall–Kier alpha value is -2.28. The van der Waals surface area contributed by atoms with Crippen molar-refractivity contribution in [3.8, 4) is 5.75 Å². The van der Waals surface area contributed by atoms with Gasteiger partial charge in [-0.2, -0.15) is 0 Å². The molecule has 1 aliphatic carbocycles. The molecular formula is C24H39N3O4. The fraction of sp³-hybridized carbons (Fsp3) is 0.667. The molecule has 4 N–H and O–H groups in total. The number of rotatable bonds is 9. The van der Waals surface area contributed by atoms with E-state index in [9.17, 15) is 14.7 Å². The standard InChI is InChI=1S/C24H39N3O4/c1-6-12-27(13-7-2)18-10-8-9-11-19(18)31-21(28)20(25)24(5)15-17(26-22(29)30)14-23(3,4)16-24/h8-11,17,20,26H,6-7,12-16,25H2,1-5H3,(H,29,30). The van der Waals surface area contributed by atoms with Gasteiger partial charge in [0.1, 0.15) is 6.04 Å². The number of esters is 1. The van der Waals surface area contributed by atoms with E-state index in [-0.39, 0.29) is 11.5 Å². The zero-order valence-corrected chi connectivity index (χ0v) is 19.6. The van der Waals surface area contributed by atoms with Gasteiger partial charge in [-0.25, -0.2) is 9.59 Å². The number of carbonyl (C=O) groups is 2. The van der Waals surface area contributed by atoms with E-state index >= 15 is 0 Å². The highest BCUT2D eigenvalue weighted by Crippen LogP contribution is 2.48. The Bertz CT molecular complexity index is 761. The lowest BCUT2D eigenvalue weighted by atomic mass is 9.60. The average molecular weight is 434 g/mol. The van der Waals surface area contributed by atoms with E-state index in [1.165, 1.54) is 0 Å². The van der Waals surface area contributed by atoms with Gasteiger partial charge in [-0.15, -0.1) is 0 Å². The highest BCUT2D eigenvalue weighted by molar-refractivity contribution is 5.81. The van der Waals surface area contributed by atoms with E-state index in [4.69, 9.17) is 10.5 Å². The average Bonchev–Trinajstić information content (AvgIpc) is 2.65. The third kappa shape index (κ3) is 6.60. The van der Waals surface area contributed by atoms with Gasteiger partial charge in [-0.1, -0.05) is 46.8 Å². The van der Waals surface area contributed by atoms with Gasteiger partial charge in [-0.05, 0) is 55.1 Å². The second kappa shape index (κ2) is 10.4. The predicted molar refractivity (Wildman–Crippen MR) is 124 cm³/mol. The van der Waals surface area contributed by atoms with Gasteiger partial charge >= 0.3 is 12.1 Å². The number of para-hydroxylation sites is 2. The molecule has 0 heterocycles. The SMILES string of the molecule is CCCN(CCC)c1ccccc1OC(=O)C(N)C1(C)CC(NC(=O)O)CC(C)(C)C1. The first-order valence-corrected chi connectivity index (χ1v) is 11.3. The molecule has 3 atom stereocenters. The molecule has 0 radical (unpaired) electrons. The Labute approximate surface area is 186 Å². The molecule has 3 unspecified atom stereocenters. The largest absolute Gasteiger partial charge is 0.465 e. The lowest BCUT2D eigenvalue weighted by Gasteiger charge is -2.48. The van der Waals surface area contributed by atoms with E-state index in [0.717, 1.165) is 31.6 Å². The maximum absolute atomic E-state index is 13.1. The Kier molecular flexibility index (Phi) is 8.34. The lowest BCUT2D eigenvalue weighted by molar-refractivity contribution is -0.140. The number of hydrogen-bond donors (Lipinski definition) is 3. The van der Waals surface area contributed by atoms with Gasteiger partial charge in [0.15, 0.2) is 5.75 Å². The maximum atomic E-state index is 13.1. The van der Waals surface area contributed by atoms with Crippen LogP contribution in [0.25, 0.3) is 0 Å². The van der Waals surface area contributed by atoms with Crippen molar-refractivity contribution >= 4 is 17.7 Å². The van der Waals surface area contributed by atoms with Crippen molar-refractivity contribution in [3.05, 3.63) is 24.3 Å². The summed E-state index contributed by atoms with van der Waals surface area (Å²) in [5.74, 6) is 0.0402. The molecule has 0 bridgehead atoms. The smallest absolute Gasteiger partial charge is 0.404 e. The Morgan fingerprint density at radius 3 is 2.39 bits per heavy atom. The molecule has 7 nitrogen and oxygen atoms in total. The summed E-state index contributed by atoms with van der Waals surface area (Å²) in [7, 11) is 0. The van der Waals surface area contributed by atoms with E-state index in [1.807, 2.05) is 25.1 Å². The van der Waals surface area contributed by atoms with Crippen LogP contribution in [-0.2, 0) is 4.79 Å². The summed E-state index contributed by atoms with van der Waals surface area (Å²) in [5.41, 5.74) is 6.64. The number of carbonyl (C=O) groups excluding carboxylic acids is 1. The second-order valence-corrected chi connectivity index (χ2v) is 9.90. The third-order valence-corrected chi connectivity index (χ3v) is 6.13. The Morgan fingerprint density at radius 2 is 1.81 bits per heavy atom. The summed E-state index contributed by atoms with van der Waals surface area (Å²) in [6.07, 6.45) is 2.86. The van der Waals surface area contributed by atoms with Crippen molar-refractivity contribution in [2.45, 2.75) is 78.8 Å². The monoisotopic (exact) mass is 433 g/mol. The van der Waals surface area contributed by atoms with Crippen LogP contribution in [0.15, 0.2) is 24.3 Å². The summed E-state index contributed by atoms with van der Waals surface area (Å²) >= 11 is 0. The van der Waals surface area contributed by atoms with E-state index in [1.54, 1.807) is 6.07 Å². The molecule has 0 aromatic heterocycles. The van der Waals surface area contributed by atoms with Crippen molar-refractivity contribution in [1.82, 2.24) is 5.32 Å². The molecule has 1 aromatic carbocycles. The van der Waals surface area contributed by atoms with Crippen LogP contribution < -0.4 is 20.7 Å². The van der Waals surface area contributed by atoms with Crippen LogP contribution in [0.3, 0.4) is 0 Å². The van der Waals surface area contributed by atoms with Crippen LogP contribution in [0.2, 0.25) is 0 Å². The number of anilines is 1. The van der Waals surface area contributed by atoms with E-state index in [2.05, 4.69) is 37.9 Å². The van der Waals surface area contributed by atoms with Crippen LogP contribution in [0.5, 0.6) is 5.75 Å². The maximum Gasteiger partial charge on any atom is 0.404 e. The molecule has 1 aromatic rings. The number of benzene rings is 1. The number of amides is 1. The summed E-state index contributed by atoms with van der Waals surface area (Å²) in [4.78, 5) is 26.6. The molecule has 1 aliphatic rings. The molecule has 174 valence electrons. The van der Waals surface area contributed by atoms with Crippen LogP contribution in [-0.4, -0.2) is 42.3 Å². The van der Waals surface area contributed by atoms with Gasteiger partial charge in [0, 0.05) is 19.1 Å². The summed E-state index contributed by atoms with van der Waals surface area (Å²) in [6.45, 7) is 12.1. The normalized spacial score (nSPS) is 23.6. The number of nitrogens with zero attached hydrogens (tertiary/aromatic N) is 1. The topological polar surface area (TPSA) is 105 Å². The number of nitrogens with two attached hydrogens (primary N) is 1. The van der Waals surface area contributed by atoms with Crippen LogP contribution in [0.4, 0.5) is 10.5 Å². The van der Waals surface area contributed by atoms with Gasteiger partial charge < -0.3 is 25.8 Å². The van der Waals surface area contributed by atoms with Crippen LogP contribution >= 0.6 is 0 Å².